The minimum absolute atomic E-state index is 0.0107. The number of hydrogen-bond acceptors (Lipinski definition) is 7. The highest BCUT2D eigenvalue weighted by atomic mass is 32.2. The number of hydrogen-bond donors (Lipinski definition) is 2. The lowest BCUT2D eigenvalue weighted by Gasteiger charge is -2.06. The summed E-state index contributed by atoms with van der Waals surface area (Å²) in [7, 11) is -2.28. The van der Waals surface area contributed by atoms with Crippen molar-refractivity contribution < 1.29 is 17.9 Å². The molecule has 3 N–H and O–H groups in total. The molecule has 1 heterocycles. The molecule has 0 atom stereocenters. The number of ether oxygens (including phenoxy) is 1. The van der Waals surface area contributed by atoms with Gasteiger partial charge in [0.25, 0.3) is 0 Å². The molecule has 0 bridgehead atoms. The fourth-order valence-corrected chi connectivity index (χ4v) is 4.43. The molecule has 0 aliphatic heterocycles. The van der Waals surface area contributed by atoms with E-state index in [-0.39, 0.29) is 15.5 Å². The molecule has 0 unspecified atom stereocenters. The van der Waals surface area contributed by atoms with Crippen molar-refractivity contribution in [2.45, 2.75) is 37.5 Å². The van der Waals surface area contributed by atoms with Gasteiger partial charge < -0.3 is 15.8 Å². The minimum atomic E-state index is -3.52. The Kier molecular flexibility index (Phi) is 6.47. The third kappa shape index (κ3) is 4.60. The Morgan fingerprint density at radius 3 is 2.52 bits per heavy atom. The second kappa shape index (κ2) is 7.65. The zero-order valence-corrected chi connectivity index (χ0v) is 14.2. The maximum absolute atomic E-state index is 11.9. The number of unbranched alkanes of at least 4 members (excludes halogenated alkanes) is 3. The highest BCUT2D eigenvalue weighted by Gasteiger charge is 2.27. The number of esters is 1. The van der Waals surface area contributed by atoms with E-state index in [1.165, 1.54) is 7.11 Å². The number of anilines is 2. The first kappa shape index (κ1) is 17.8. The number of carbonyl (C=O) groups is 1. The van der Waals surface area contributed by atoms with E-state index in [2.05, 4.69) is 17.0 Å². The van der Waals surface area contributed by atoms with Crippen LogP contribution in [0.4, 0.5) is 10.7 Å². The van der Waals surface area contributed by atoms with Crippen molar-refractivity contribution in [3.05, 3.63) is 4.88 Å². The standard InChI is InChI=1S/C13H22N2O4S2/c1-4-5-6-7-8-15-12-11(21(3,17)18)9(14)10(20-12)13(16)19-2/h15H,4-8,14H2,1-3H3. The third-order valence-corrected chi connectivity index (χ3v) is 5.40. The van der Waals surface area contributed by atoms with Crippen molar-refractivity contribution in [3.63, 3.8) is 0 Å². The molecular weight excluding hydrogens is 312 g/mol. The van der Waals surface area contributed by atoms with Gasteiger partial charge in [-0.2, -0.15) is 0 Å². The number of nitrogen functional groups attached to an aromatic ring is 1. The van der Waals surface area contributed by atoms with Gasteiger partial charge in [0.05, 0.1) is 12.8 Å². The average molecular weight is 334 g/mol. The van der Waals surface area contributed by atoms with Crippen LogP contribution in [0, 0.1) is 0 Å². The highest BCUT2D eigenvalue weighted by Crippen LogP contribution is 2.39. The maximum atomic E-state index is 11.9. The van der Waals surface area contributed by atoms with Gasteiger partial charge in [-0.3, -0.25) is 0 Å². The molecule has 1 aromatic rings. The Morgan fingerprint density at radius 1 is 1.33 bits per heavy atom. The topological polar surface area (TPSA) is 98.5 Å². The predicted molar refractivity (Wildman–Crippen MR) is 85.8 cm³/mol. The normalized spacial score (nSPS) is 11.4. The Bertz CT molecular complexity index is 594. The lowest BCUT2D eigenvalue weighted by molar-refractivity contribution is 0.0607. The number of sulfone groups is 1. The molecule has 0 amide bonds. The molecule has 1 aromatic heterocycles. The fraction of sp³-hybridized carbons (Fsp3) is 0.615. The summed E-state index contributed by atoms with van der Waals surface area (Å²) in [6.07, 6.45) is 5.35. The Morgan fingerprint density at radius 2 is 2.00 bits per heavy atom. The smallest absolute Gasteiger partial charge is 0.350 e. The van der Waals surface area contributed by atoms with E-state index >= 15 is 0 Å². The van der Waals surface area contributed by atoms with Gasteiger partial charge in [0.2, 0.25) is 0 Å². The van der Waals surface area contributed by atoms with Crippen molar-refractivity contribution in [2.75, 3.05) is 31.0 Å². The van der Waals surface area contributed by atoms with Gasteiger partial charge in [-0.1, -0.05) is 26.2 Å². The van der Waals surface area contributed by atoms with Gasteiger partial charge in [-0.05, 0) is 6.42 Å². The number of methoxy groups -OCH3 is 1. The second-order valence-electron chi connectivity index (χ2n) is 4.75. The van der Waals surface area contributed by atoms with Crippen LogP contribution in [0.3, 0.4) is 0 Å². The van der Waals surface area contributed by atoms with E-state index in [9.17, 15) is 13.2 Å². The molecule has 21 heavy (non-hydrogen) atoms. The van der Waals surface area contributed by atoms with Crippen molar-refractivity contribution in [3.8, 4) is 0 Å². The van der Waals surface area contributed by atoms with Crippen LogP contribution in [-0.2, 0) is 14.6 Å². The van der Waals surface area contributed by atoms with Crippen LogP contribution >= 0.6 is 11.3 Å². The molecule has 0 saturated carbocycles. The molecule has 6 nitrogen and oxygen atoms in total. The van der Waals surface area contributed by atoms with Gasteiger partial charge in [-0.15, -0.1) is 11.3 Å². The molecule has 1 rings (SSSR count). The average Bonchev–Trinajstić information content (AvgIpc) is 2.74. The first-order chi connectivity index (χ1) is 9.82. The van der Waals surface area contributed by atoms with E-state index in [1.807, 2.05) is 0 Å². The summed E-state index contributed by atoms with van der Waals surface area (Å²) < 4.78 is 28.4. The summed E-state index contributed by atoms with van der Waals surface area (Å²) in [5, 5.41) is 3.48. The van der Waals surface area contributed by atoms with Crippen LogP contribution < -0.4 is 11.1 Å². The SMILES string of the molecule is CCCCCCNc1sc(C(=O)OC)c(N)c1S(C)(=O)=O. The van der Waals surface area contributed by atoms with Gasteiger partial charge in [0.1, 0.15) is 14.8 Å². The quantitative estimate of drug-likeness (QED) is 0.560. The first-order valence-corrected chi connectivity index (χ1v) is 9.48. The largest absolute Gasteiger partial charge is 0.465 e. The zero-order valence-electron chi connectivity index (χ0n) is 12.6. The number of carbonyl (C=O) groups excluding carboxylic acids is 1. The van der Waals surface area contributed by atoms with Crippen molar-refractivity contribution >= 4 is 37.8 Å². The Balaban J connectivity index is 2.99. The first-order valence-electron chi connectivity index (χ1n) is 6.77. The van der Waals surface area contributed by atoms with Crippen LogP contribution in [0.2, 0.25) is 0 Å². The molecule has 8 heteroatoms. The molecule has 0 radical (unpaired) electrons. The van der Waals surface area contributed by atoms with Gasteiger partial charge in [-0.25, -0.2) is 13.2 Å². The Labute approximate surface area is 129 Å². The summed E-state index contributed by atoms with van der Waals surface area (Å²) in [5.41, 5.74) is 5.77. The van der Waals surface area contributed by atoms with Crippen LogP contribution in [0.1, 0.15) is 42.3 Å². The highest BCUT2D eigenvalue weighted by molar-refractivity contribution is 7.91. The van der Waals surface area contributed by atoms with Crippen LogP contribution in [0.5, 0.6) is 0 Å². The summed E-state index contributed by atoms with van der Waals surface area (Å²) in [4.78, 5) is 11.7. The van der Waals surface area contributed by atoms with E-state index in [1.54, 1.807) is 0 Å². The van der Waals surface area contributed by atoms with E-state index in [0.29, 0.717) is 11.5 Å². The van der Waals surface area contributed by atoms with E-state index < -0.39 is 15.8 Å². The van der Waals surface area contributed by atoms with Crippen LogP contribution in [-0.4, -0.2) is 34.3 Å². The second-order valence-corrected chi connectivity index (χ2v) is 7.73. The lowest BCUT2D eigenvalue weighted by atomic mass is 10.2. The molecule has 0 aromatic carbocycles. The fourth-order valence-electron chi connectivity index (χ4n) is 1.91. The summed E-state index contributed by atoms with van der Waals surface area (Å²) >= 11 is 1.02. The third-order valence-electron chi connectivity index (χ3n) is 2.96. The predicted octanol–water partition coefficient (Wildman–Crippen LogP) is 2.51. The molecule has 0 spiro atoms. The molecule has 0 aliphatic carbocycles. The van der Waals surface area contributed by atoms with Gasteiger partial charge in [0.15, 0.2) is 9.84 Å². The number of thiophene rings is 1. The molecule has 0 fully saturated rings. The lowest BCUT2D eigenvalue weighted by Crippen LogP contribution is -2.08. The van der Waals surface area contributed by atoms with Crippen LogP contribution in [0.25, 0.3) is 0 Å². The molecule has 0 saturated heterocycles. The molecular formula is C13H22N2O4S2. The monoisotopic (exact) mass is 334 g/mol. The number of nitrogens with one attached hydrogen (secondary N) is 1. The van der Waals surface area contributed by atoms with E-state index in [4.69, 9.17) is 5.73 Å². The maximum Gasteiger partial charge on any atom is 0.350 e. The summed E-state index contributed by atoms with van der Waals surface area (Å²) in [6.45, 7) is 2.76. The number of nitrogens with two attached hydrogens (primary N) is 1. The van der Waals surface area contributed by atoms with Gasteiger partial charge >= 0.3 is 5.97 Å². The van der Waals surface area contributed by atoms with Crippen molar-refractivity contribution in [2.24, 2.45) is 0 Å². The van der Waals surface area contributed by atoms with E-state index in [0.717, 1.165) is 43.3 Å². The summed E-state index contributed by atoms with van der Waals surface area (Å²) in [6, 6.07) is 0. The minimum Gasteiger partial charge on any atom is -0.465 e. The summed E-state index contributed by atoms with van der Waals surface area (Å²) in [5.74, 6) is -0.624. The molecule has 120 valence electrons. The zero-order chi connectivity index (χ0) is 16.0. The van der Waals surface area contributed by atoms with Crippen molar-refractivity contribution in [1.82, 2.24) is 0 Å². The van der Waals surface area contributed by atoms with Crippen LogP contribution in [0.15, 0.2) is 4.90 Å². The Hall–Kier alpha value is -1.28. The van der Waals surface area contributed by atoms with Gasteiger partial charge in [0, 0.05) is 12.8 Å². The molecule has 0 aliphatic rings. The van der Waals surface area contributed by atoms with Crippen molar-refractivity contribution in [1.29, 1.82) is 0 Å². The number of rotatable bonds is 8.